The molecule has 5 heteroatoms. The lowest BCUT2D eigenvalue weighted by molar-refractivity contribution is 0.319. The van der Waals surface area contributed by atoms with Crippen LogP contribution >= 0.6 is 0 Å². The quantitative estimate of drug-likeness (QED) is 0.566. The molecule has 0 radical (unpaired) electrons. The van der Waals surface area contributed by atoms with Crippen LogP contribution in [0.25, 0.3) is 0 Å². The van der Waals surface area contributed by atoms with Crippen molar-refractivity contribution in [1.82, 2.24) is 4.72 Å². The van der Waals surface area contributed by atoms with Gasteiger partial charge in [-0.1, -0.05) is 19.8 Å². The van der Waals surface area contributed by atoms with Crippen LogP contribution in [-0.4, -0.2) is 32.4 Å². The molecule has 0 saturated heterocycles. The SMILES string of the molecule is CCCCCNS(=O)(=O)CCO. The minimum absolute atomic E-state index is 0.195. The molecule has 0 aromatic heterocycles. The van der Waals surface area contributed by atoms with E-state index in [2.05, 4.69) is 11.6 Å². The molecule has 0 aliphatic carbocycles. The van der Waals surface area contributed by atoms with Crippen molar-refractivity contribution >= 4 is 10.0 Å². The minimum Gasteiger partial charge on any atom is -0.395 e. The minimum atomic E-state index is -3.21. The molecule has 0 bridgehead atoms. The summed E-state index contributed by atoms with van der Waals surface area (Å²) in [6, 6.07) is 0. The molecule has 0 aliphatic rings. The molecule has 12 heavy (non-hydrogen) atoms. The first-order valence-electron chi connectivity index (χ1n) is 4.20. The number of hydrogen-bond acceptors (Lipinski definition) is 3. The Bertz CT molecular complexity index is 189. The number of hydrogen-bond donors (Lipinski definition) is 2. The second kappa shape index (κ2) is 6.39. The highest BCUT2D eigenvalue weighted by atomic mass is 32.2. The Hall–Kier alpha value is -0.130. The highest BCUT2D eigenvalue weighted by Crippen LogP contribution is 1.92. The molecule has 74 valence electrons. The van der Waals surface area contributed by atoms with Gasteiger partial charge in [-0.15, -0.1) is 0 Å². The zero-order chi connectivity index (χ0) is 9.45. The number of unbranched alkanes of at least 4 members (excludes halogenated alkanes) is 2. The molecule has 0 fully saturated rings. The average molecular weight is 195 g/mol. The van der Waals surface area contributed by atoms with Gasteiger partial charge in [-0.25, -0.2) is 13.1 Å². The fourth-order valence-electron chi connectivity index (χ4n) is 0.795. The van der Waals surface area contributed by atoms with Crippen molar-refractivity contribution in [3.05, 3.63) is 0 Å². The average Bonchev–Trinajstić information content (AvgIpc) is 1.98. The lowest BCUT2D eigenvalue weighted by Crippen LogP contribution is -2.28. The van der Waals surface area contributed by atoms with Gasteiger partial charge in [0.1, 0.15) is 0 Å². The molecule has 0 heterocycles. The number of aliphatic hydroxyl groups is 1. The molecule has 0 atom stereocenters. The molecular formula is C7H17NO3S. The van der Waals surface area contributed by atoms with Gasteiger partial charge in [0.05, 0.1) is 12.4 Å². The fourth-order valence-corrected chi connectivity index (χ4v) is 1.64. The molecule has 0 amide bonds. The molecule has 0 spiro atoms. The summed E-state index contributed by atoms with van der Waals surface area (Å²) in [7, 11) is -3.21. The van der Waals surface area contributed by atoms with Crippen LogP contribution in [0, 0.1) is 0 Å². The Labute approximate surface area is 74.0 Å². The van der Waals surface area contributed by atoms with Crippen LogP contribution in [0.15, 0.2) is 0 Å². The van der Waals surface area contributed by atoms with Crippen molar-refractivity contribution in [3.8, 4) is 0 Å². The highest BCUT2D eigenvalue weighted by Gasteiger charge is 2.06. The van der Waals surface area contributed by atoms with E-state index in [1.165, 1.54) is 0 Å². The summed E-state index contributed by atoms with van der Waals surface area (Å²) < 4.78 is 24.3. The number of nitrogens with one attached hydrogen (secondary N) is 1. The highest BCUT2D eigenvalue weighted by molar-refractivity contribution is 7.89. The van der Waals surface area contributed by atoms with Crippen LogP contribution in [0.1, 0.15) is 26.2 Å². The third-order valence-corrected chi connectivity index (χ3v) is 2.83. The van der Waals surface area contributed by atoms with Gasteiger partial charge in [0.15, 0.2) is 0 Å². The van der Waals surface area contributed by atoms with E-state index >= 15 is 0 Å². The maximum atomic E-state index is 10.9. The summed E-state index contributed by atoms with van der Waals surface area (Å²) in [5.74, 6) is -0.195. The first-order valence-corrected chi connectivity index (χ1v) is 5.86. The largest absolute Gasteiger partial charge is 0.395 e. The summed E-state index contributed by atoms with van der Waals surface area (Å²) in [6.45, 7) is 2.22. The van der Waals surface area contributed by atoms with Crippen LogP contribution in [0.5, 0.6) is 0 Å². The van der Waals surface area contributed by atoms with Gasteiger partial charge in [-0.3, -0.25) is 0 Å². The van der Waals surface area contributed by atoms with Crippen LogP contribution in [0.4, 0.5) is 0 Å². The Morgan fingerprint density at radius 3 is 2.50 bits per heavy atom. The van der Waals surface area contributed by atoms with E-state index in [9.17, 15) is 8.42 Å². The smallest absolute Gasteiger partial charge is 0.213 e. The van der Waals surface area contributed by atoms with E-state index in [0.717, 1.165) is 19.3 Å². The lowest BCUT2D eigenvalue weighted by atomic mass is 10.3. The van der Waals surface area contributed by atoms with Gasteiger partial charge >= 0.3 is 0 Å². The summed E-state index contributed by atoms with van der Waals surface area (Å²) in [6.07, 6.45) is 2.96. The van der Waals surface area contributed by atoms with Gasteiger partial charge < -0.3 is 5.11 Å². The van der Waals surface area contributed by atoms with Crippen molar-refractivity contribution in [2.24, 2.45) is 0 Å². The fraction of sp³-hybridized carbons (Fsp3) is 1.00. The number of rotatable bonds is 7. The number of sulfonamides is 1. The molecule has 0 aliphatic heterocycles. The van der Waals surface area contributed by atoms with Gasteiger partial charge in [0.25, 0.3) is 0 Å². The van der Waals surface area contributed by atoms with Gasteiger partial charge in [0, 0.05) is 6.54 Å². The first kappa shape index (κ1) is 11.9. The zero-order valence-corrected chi connectivity index (χ0v) is 8.23. The van der Waals surface area contributed by atoms with E-state index < -0.39 is 10.0 Å². The van der Waals surface area contributed by atoms with E-state index in [1.54, 1.807) is 0 Å². The predicted molar refractivity (Wildman–Crippen MR) is 48.4 cm³/mol. The maximum absolute atomic E-state index is 10.9. The lowest BCUT2D eigenvalue weighted by Gasteiger charge is -2.03. The monoisotopic (exact) mass is 195 g/mol. The Kier molecular flexibility index (Phi) is 6.32. The Morgan fingerprint density at radius 1 is 1.33 bits per heavy atom. The third-order valence-electron chi connectivity index (χ3n) is 1.46. The molecule has 0 unspecified atom stereocenters. The van der Waals surface area contributed by atoms with Gasteiger partial charge in [-0.2, -0.15) is 0 Å². The summed E-state index contributed by atoms with van der Waals surface area (Å²) in [5.41, 5.74) is 0. The van der Waals surface area contributed by atoms with Crippen LogP contribution in [0.2, 0.25) is 0 Å². The van der Waals surface area contributed by atoms with Crippen molar-refractivity contribution in [3.63, 3.8) is 0 Å². The topological polar surface area (TPSA) is 66.4 Å². The Balaban J connectivity index is 3.48. The third kappa shape index (κ3) is 6.57. The predicted octanol–water partition coefficient (Wildman–Crippen LogP) is 0.0883. The second-order valence-electron chi connectivity index (χ2n) is 2.64. The second-order valence-corrected chi connectivity index (χ2v) is 4.57. The van der Waals surface area contributed by atoms with E-state index in [4.69, 9.17) is 5.11 Å². The molecule has 4 nitrogen and oxygen atoms in total. The number of aliphatic hydroxyl groups excluding tert-OH is 1. The summed E-state index contributed by atoms with van der Waals surface area (Å²) >= 11 is 0. The van der Waals surface area contributed by atoms with E-state index in [0.29, 0.717) is 6.54 Å². The van der Waals surface area contributed by atoms with E-state index in [-0.39, 0.29) is 12.4 Å². The molecular weight excluding hydrogens is 178 g/mol. The Morgan fingerprint density at radius 2 is 2.00 bits per heavy atom. The standard InChI is InChI=1S/C7H17NO3S/c1-2-3-4-5-8-12(10,11)7-6-9/h8-9H,2-7H2,1H3. The van der Waals surface area contributed by atoms with Crippen LogP contribution in [0.3, 0.4) is 0 Å². The summed E-state index contributed by atoms with van der Waals surface area (Å²) in [4.78, 5) is 0. The van der Waals surface area contributed by atoms with E-state index in [1.807, 2.05) is 0 Å². The first-order chi connectivity index (χ1) is 5.62. The van der Waals surface area contributed by atoms with Gasteiger partial charge in [-0.05, 0) is 6.42 Å². The van der Waals surface area contributed by atoms with Crippen LogP contribution < -0.4 is 4.72 Å². The maximum Gasteiger partial charge on any atom is 0.213 e. The van der Waals surface area contributed by atoms with Crippen molar-refractivity contribution in [2.75, 3.05) is 18.9 Å². The van der Waals surface area contributed by atoms with Crippen LogP contribution in [-0.2, 0) is 10.0 Å². The van der Waals surface area contributed by atoms with Crippen molar-refractivity contribution in [1.29, 1.82) is 0 Å². The summed E-state index contributed by atoms with van der Waals surface area (Å²) in [5, 5.41) is 8.39. The zero-order valence-electron chi connectivity index (χ0n) is 7.41. The van der Waals surface area contributed by atoms with Crippen molar-refractivity contribution < 1.29 is 13.5 Å². The molecule has 2 N–H and O–H groups in total. The molecule has 0 rings (SSSR count). The van der Waals surface area contributed by atoms with Gasteiger partial charge in [0.2, 0.25) is 10.0 Å². The molecule has 0 aromatic rings. The normalized spacial score (nSPS) is 11.8. The molecule has 0 aromatic carbocycles. The van der Waals surface area contributed by atoms with Crippen molar-refractivity contribution in [2.45, 2.75) is 26.2 Å². The molecule has 0 saturated carbocycles.